The van der Waals surface area contributed by atoms with Crippen LogP contribution < -0.4 is 0 Å². The highest BCUT2D eigenvalue weighted by molar-refractivity contribution is 6.00. The van der Waals surface area contributed by atoms with E-state index in [1.54, 1.807) is 48.2 Å². The van der Waals surface area contributed by atoms with Crippen molar-refractivity contribution in [2.24, 2.45) is 0 Å². The predicted octanol–water partition coefficient (Wildman–Crippen LogP) is 0.422. The summed E-state index contributed by atoms with van der Waals surface area (Å²) in [6, 6.07) is -0.399. The fourth-order valence-electron chi connectivity index (χ4n) is 2.71. The molecule has 0 N–H and O–H groups in total. The molecule has 1 saturated heterocycles. The van der Waals surface area contributed by atoms with Crippen LogP contribution in [-0.2, 0) is 4.79 Å². The van der Waals surface area contributed by atoms with Crippen LogP contribution in [0.4, 0.5) is 0 Å². The second-order valence-electron chi connectivity index (χ2n) is 5.32. The molecule has 0 saturated carbocycles. The van der Waals surface area contributed by atoms with Gasteiger partial charge in [-0.25, -0.2) is 9.97 Å². The molecule has 0 aromatic carbocycles. The third-order valence-corrected chi connectivity index (χ3v) is 3.75. The monoisotopic (exact) mass is 287 g/mol. The SMILES string of the molecule is CN(C)C(=O)C1CCCN1C(=O)c1nccn2ccnc12. The number of likely N-dealkylation sites (N-methyl/N-ethyl adjacent to an activating group) is 1. The van der Waals surface area contributed by atoms with E-state index in [1.165, 1.54) is 4.90 Å². The number of amides is 2. The maximum atomic E-state index is 12.7. The zero-order valence-corrected chi connectivity index (χ0v) is 12.1. The lowest BCUT2D eigenvalue weighted by Gasteiger charge is -2.25. The van der Waals surface area contributed by atoms with Gasteiger partial charge in [0, 0.05) is 45.4 Å². The Morgan fingerprint density at radius 3 is 2.67 bits per heavy atom. The van der Waals surface area contributed by atoms with Crippen molar-refractivity contribution in [3.63, 3.8) is 0 Å². The van der Waals surface area contributed by atoms with E-state index in [4.69, 9.17) is 0 Å². The maximum absolute atomic E-state index is 12.7. The largest absolute Gasteiger partial charge is 0.347 e. The number of fused-ring (bicyclic) bond motifs is 1. The molecule has 3 rings (SSSR count). The quantitative estimate of drug-likeness (QED) is 0.802. The molecule has 3 heterocycles. The third kappa shape index (κ3) is 2.24. The van der Waals surface area contributed by atoms with Crippen LogP contribution in [0.15, 0.2) is 24.8 Å². The van der Waals surface area contributed by atoms with E-state index in [0.717, 1.165) is 6.42 Å². The second kappa shape index (κ2) is 5.16. The molecule has 0 aliphatic carbocycles. The molecule has 0 radical (unpaired) electrons. The summed E-state index contributed by atoms with van der Waals surface area (Å²) in [5.41, 5.74) is 0.811. The molecule has 2 amide bonds. The minimum absolute atomic E-state index is 0.0452. The Morgan fingerprint density at radius 2 is 1.95 bits per heavy atom. The van der Waals surface area contributed by atoms with Crippen LogP contribution in [0, 0.1) is 0 Å². The van der Waals surface area contributed by atoms with E-state index in [-0.39, 0.29) is 11.8 Å². The van der Waals surface area contributed by atoms with E-state index >= 15 is 0 Å². The number of rotatable bonds is 2. The molecule has 110 valence electrons. The summed E-state index contributed by atoms with van der Waals surface area (Å²) in [6.07, 6.45) is 8.22. The van der Waals surface area contributed by atoms with Crippen molar-refractivity contribution in [3.8, 4) is 0 Å². The Hall–Kier alpha value is -2.44. The number of imidazole rings is 1. The summed E-state index contributed by atoms with van der Waals surface area (Å²) in [5, 5.41) is 0. The van der Waals surface area contributed by atoms with Gasteiger partial charge in [0.25, 0.3) is 5.91 Å². The molecule has 2 aromatic heterocycles. The topological polar surface area (TPSA) is 70.8 Å². The van der Waals surface area contributed by atoms with Crippen molar-refractivity contribution in [2.75, 3.05) is 20.6 Å². The smallest absolute Gasteiger partial charge is 0.277 e. The molecule has 1 atom stereocenters. The second-order valence-corrected chi connectivity index (χ2v) is 5.32. The van der Waals surface area contributed by atoms with E-state index in [0.29, 0.717) is 24.3 Å². The van der Waals surface area contributed by atoms with Gasteiger partial charge in [0.15, 0.2) is 11.3 Å². The Bertz CT molecular complexity index is 693. The number of likely N-dealkylation sites (tertiary alicyclic amines) is 1. The molecule has 1 aliphatic rings. The van der Waals surface area contributed by atoms with Crippen LogP contribution in [0.2, 0.25) is 0 Å². The number of nitrogens with zero attached hydrogens (tertiary/aromatic N) is 5. The van der Waals surface area contributed by atoms with Crippen molar-refractivity contribution >= 4 is 17.5 Å². The van der Waals surface area contributed by atoms with Crippen LogP contribution in [0.3, 0.4) is 0 Å². The van der Waals surface area contributed by atoms with Crippen molar-refractivity contribution in [2.45, 2.75) is 18.9 Å². The van der Waals surface area contributed by atoms with E-state index < -0.39 is 6.04 Å². The first-order valence-electron chi connectivity index (χ1n) is 6.89. The third-order valence-electron chi connectivity index (χ3n) is 3.75. The number of carbonyl (C=O) groups excluding carboxylic acids is 2. The summed E-state index contributed by atoms with van der Waals surface area (Å²) in [6.45, 7) is 0.576. The Labute approximate surface area is 122 Å². The lowest BCUT2D eigenvalue weighted by Crippen LogP contribution is -2.45. The van der Waals surface area contributed by atoms with Crippen LogP contribution in [0.1, 0.15) is 23.3 Å². The molecule has 21 heavy (non-hydrogen) atoms. The van der Waals surface area contributed by atoms with Crippen molar-refractivity contribution in [1.82, 2.24) is 24.2 Å². The van der Waals surface area contributed by atoms with Crippen LogP contribution in [0.25, 0.3) is 5.65 Å². The number of hydrogen-bond donors (Lipinski definition) is 0. The minimum Gasteiger partial charge on any atom is -0.347 e. The van der Waals surface area contributed by atoms with Crippen molar-refractivity contribution in [1.29, 1.82) is 0 Å². The first-order valence-corrected chi connectivity index (χ1v) is 6.89. The zero-order valence-electron chi connectivity index (χ0n) is 12.1. The number of aromatic nitrogens is 3. The zero-order chi connectivity index (χ0) is 15.0. The molecule has 7 nitrogen and oxygen atoms in total. The Morgan fingerprint density at radius 1 is 1.24 bits per heavy atom. The molecule has 1 fully saturated rings. The highest BCUT2D eigenvalue weighted by atomic mass is 16.2. The van der Waals surface area contributed by atoms with Crippen LogP contribution in [0.5, 0.6) is 0 Å². The lowest BCUT2D eigenvalue weighted by atomic mass is 10.2. The summed E-state index contributed by atoms with van der Waals surface area (Å²) in [4.78, 5) is 36.4. The predicted molar refractivity (Wildman–Crippen MR) is 75.7 cm³/mol. The van der Waals surface area contributed by atoms with Gasteiger partial charge < -0.3 is 14.2 Å². The standard InChI is InChI=1S/C14H17N5O2/c1-17(2)13(20)10-4-3-7-19(10)14(21)11-12-16-6-9-18(12)8-5-15-11/h5-6,8-10H,3-4,7H2,1-2H3. The molecular formula is C14H17N5O2. The molecule has 0 bridgehead atoms. The molecular weight excluding hydrogens is 270 g/mol. The van der Waals surface area contributed by atoms with Gasteiger partial charge in [-0.05, 0) is 12.8 Å². The van der Waals surface area contributed by atoms with Gasteiger partial charge in [-0.2, -0.15) is 0 Å². The lowest BCUT2D eigenvalue weighted by molar-refractivity contribution is -0.132. The highest BCUT2D eigenvalue weighted by Crippen LogP contribution is 2.22. The van der Waals surface area contributed by atoms with Crippen LogP contribution in [-0.4, -0.2) is 62.7 Å². The van der Waals surface area contributed by atoms with Gasteiger partial charge >= 0.3 is 0 Å². The average Bonchev–Trinajstić information content (AvgIpc) is 3.13. The van der Waals surface area contributed by atoms with Gasteiger partial charge in [0.2, 0.25) is 5.91 Å². The van der Waals surface area contributed by atoms with Gasteiger partial charge in [-0.3, -0.25) is 9.59 Å². The van der Waals surface area contributed by atoms with Gasteiger partial charge in [0.1, 0.15) is 6.04 Å². The average molecular weight is 287 g/mol. The van der Waals surface area contributed by atoms with Gasteiger partial charge in [-0.1, -0.05) is 0 Å². The minimum atomic E-state index is -0.399. The Balaban J connectivity index is 1.94. The van der Waals surface area contributed by atoms with E-state index in [1.807, 2.05) is 0 Å². The summed E-state index contributed by atoms with van der Waals surface area (Å²) in [7, 11) is 3.41. The Kier molecular flexibility index (Phi) is 3.32. The first kappa shape index (κ1) is 13.5. The summed E-state index contributed by atoms with van der Waals surface area (Å²) >= 11 is 0. The fourth-order valence-corrected chi connectivity index (χ4v) is 2.71. The molecule has 1 unspecified atom stereocenters. The van der Waals surface area contributed by atoms with Gasteiger partial charge in [0.05, 0.1) is 0 Å². The molecule has 1 aliphatic heterocycles. The van der Waals surface area contributed by atoms with Gasteiger partial charge in [-0.15, -0.1) is 0 Å². The van der Waals surface area contributed by atoms with Crippen molar-refractivity contribution in [3.05, 3.63) is 30.5 Å². The van der Waals surface area contributed by atoms with E-state index in [2.05, 4.69) is 9.97 Å². The van der Waals surface area contributed by atoms with Crippen molar-refractivity contribution < 1.29 is 9.59 Å². The molecule has 2 aromatic rings. The molecule has 0 spiro atoms. The van der Waals surface area contributed by atoms with Crippen LogP contribution >= 0.6 is 0 Å². The number of carbonyl (C=O) groups is 2. The van der Waals surface area contributed by atoms with E-state index in [9.17, 15) is 9.59 Å². The first-order chi connectivity index (χ1) is 10.1. The fraction of sp³-hybridized carbons (Fsp3) is 0.429. The summed E-state index contributed by atoms with van der Waals surface area (Å²) < 4.78 is 1.75. The number of hydrogen-bond acceptors (Lipinski definition) is 4. The highest BCUT2D eigenvalue weighted by Gasteiger charge is 2.36. The molecule has 7 heteroatoms. The normalized spacial score (nSPS) is 18.2. The maximum Gasteiger partial charge on any atom is 0.277 e. The summed E-state index contributed by atoms with van der Waals surface area (Å²) in [5.74, 6) is -0.277.